The predicted octanol–water partition coefficient (Wildman–Crippen LogP) is 2.59. The fourth-order valence-electron chi connectivity index (χ4n) is 2.88. The van der Waals surface area contributed by atoms with E-state index < -0.39 is 0 Å². The normalized spacial score (nSPS) is 19.5. The summed E-state index contributed by atoms with van der Waals surface area (Å²) in [7, 11) is 0. The molecule has 5 nitrogen and oxygen atoms in total. The Kier molecular flexibility index (Phi) is 7.27. The number of hydrogen-bond donors (Lipinski definition) is 1. The highest BCUT2D eigenvalue weighted by molar-refractivity contribution is 5.94. The molecular weight excluding hydrogens is 347 g/mol. The van der Waals surface area contributed by atoms with E-state index in [1.807, 2.05) is 46.1 Å². The number of carbonyl (C=O) groups excluding carboxylic acids is 1. The van der Waals surface area contributed by atoms with Crippen LogP contribution in [0.1, 0.15) is 29.3 Å². The van der Waals surface area contributed by atoms with E-state index >= 15 is 0 Å². The average Bonchev–Trinajstić information content (AvgIpc) is 3.18. The summed E-state index contributed by atoms with van der Waals surface area (Å²) in [4.78, 5) is 14.5. The molecule has 7 heteroatoms. The number of benzene rings is 1. The second-order valence-corrected chi connectivity index (χ2v) is 6.39. The van der Waals surface area contributed by atoms with Crippen LogP contribution < -0.4 is 5.73 Å². The molecule has 132 valence electrons. The molecule has 24 heavy (non-hydrogen) atoms. The van der Waals surface area contributed by atoms with Gasteiger partial charge in [-0.15, -0.1) is 24.8 Å². The Hall–Kier alpha value is -1.56. The van der Waals surface area contributed by atoms with Gasteiger partial charge in [-0.3, -0.25) is 9.48 Å². The Balaban J connectivity index is 0.00000144. The largest absolute Gasteiger partial charge is 0.338 e. The standard InChI is InChI=1S/C17H22N4O.2ClH/c1-17(12-18)7-10-20(13-17)16(22)15-5-3-14(4-6-15)11-21-9-2-8-19-21;;/h2-6,8-9H,7,10-13,18H2,1H3;2*1H. The number of hydrogen-bond acceptors (Lipinski definition) is 3. The van der Waals surface area contributed by atoms with Crippen LogP contribution in [0.2, 0.25) is 0 Å². The third-order valence-corrected chi connectivity index (χ3v) is 4.44. The van der Waals surface area contributed by atoms with E-state index in [2.05, 4.69) is 12.0 Å². The highest BCUT2D eigenvalue weighted by Gasteiger charge is 2.35. The number of halogens is 2. The molecule has 2 N–H and O–H groups in total. The van der Waals surface area contributed by atoms with Crippen molar-refractivity contribution in [3.05, 3.63) is 53.9 Å². The van der Waals surface area contributed by atoms with Crippen LogP contribution in [0.3, 0.4) is 0 Å². The quantitative estimate of drug-likeness (QED) is 0.899. The van der Waals surface area contributed by atoms with E-state index in [0.717, 1.165) is 37.2 Å². The van der Waals surface area contributed by atoms with E-state index in [9.17, 15) is 4.79 Å². The van der Waals surface area contributed by atoms with Gasteiger partial charge in [0.15, 0.2) is 0 Å². The van der Waals surface area contributed by atoms with Crippen molar-refractivity contribution in [3.63, 3.8) is 0 Å². The lowest BCUT2D eigenvalue weighted by atomic mass is 9.90. The van der Waals surface area contributed by atoms with Crippen LogP contribution in [0.15, 0.2) is 42.7 Å². The number of aromatic nitrogens is 2. The summed E-state index contributed by atoms with van der Waals surface area (Å²) in [6.07, 6.45) is 4.67. The SMILES string of the molecule is CC1(CN)CCN(C(=O)c2ccc(Cn3cccn3)cc2)C1.Cl.Cl. The van der Waals surface area contributed by atoms with E-state index in [1.54, 1.807) is 6.20 Å². The third kappa shape index (κ3) is 4.50. The van der Waals surface area contributed by atoms with Crippen LogP contribution >= 0.6 is 24.8 Å². The van der Waals surface area contributed by atoms with Crippen LogP contribution in [0.4, 0.5) is 0 Å². The Labute approximate surface area is 155 Å². The lowest BCUT2D eigenvalue weighted by Crippen LogP contribution is -2.34. The molecule has 0 radical (unpaired) electrons. The van der Waals surface area contributed by atoms with Crippen molar-refractivity contribution in [1.29, 1.82) is 0 Å². The van der Waals surface area contributed by atoms with E-state index in [1.165, 1.54) is 0 Å². The first kappa shape index (κ1) is 20.5. The molecule has 0 aliphatic carbocycles. The lowest BCUT2D eigenvalue weighted by Gasteiger charge is -2.22. The Morgan fingerprint density at radius 1 is 1.29 bits per heavy atom. The molecule has 1 saturated heterocycles. The summed E-state index contributed by atoms with van der Waals surface area (Å²) in [5, 5.41) is 4.19. The van der Waals surface area contributed by atoms with Crippen molar-refractivity contribution >= 4 is 30.7 Å². The second kappa shape index (κ2) is 8.51. The Morgan fingerprint density at radius 3 is 2.54 bits per heavy atom. The summed E-state index contributed by atoms with van der Waals surface area (Å²) >= 11 is 0. The first-order valence-electron chi connectivity index (χ1n) is 7.65. The van der Waals surface area contributed by atoms with Gasteiger partial charge in [0.05, 0.1) is 6.54 Å². The summed E-state index contributed by atoms with van der Waals surface area (Å²) in [6.45, 7) is 5.03. The Morgan fingerprint density at radius 2 is 2.00 bits per heavy atom. The minimum atomic E-state index is 0. The zero-order chi connectivity index (χ0) is 15.6. The first-order valence-corrected chi connectivity index (χ1v) is 7.65. The fraction of sp³-hybridized carbons (Fsp3) is 0.412. The maximum atomic E-state index is 12.5. The number of likely N-dealkylation sites (tertiary alicyclic amines) is 1. The molecule has 1 amide bonds. The number of rotatable bonds is 4. The van der Waals surface area contributed by atoms with Gasteiger partial charge in [-0.05, 0) is 42.1 Å². The molecule has 0 bridgehead atoms. The molecule has 1 fully saturated rings. The maximum absolute atomic E-state index is 12.5. The predicted molar refractivity (Wildman–Crippen MR) is 99.9 cm³/mol. The monoisotopic (exact) mass is 370 g/mol. The van der Waals surface area contributed by atoms with Crippen molar-refractivity contribution in [2.75, 3.05) is 19.6 Å². The minimum Gasteiger partial charge on any atom is -0.338 e. The molecule has 1 aromatic heterocycles. The van der Waals surface area contributed by atoms with Gasteiger partial charge >= 0.3 is 0 Å². The van der Waals surface area contributed by atoms with Gasteiger partial charge in [0.25, 0.3) is 5.91 Å². The van der Waals surface area contributed by atoms with Crippen LogP contribution in [0.5, 0.6) is 0 Å². The van der Waals surface area contributed by atoms with Crippen LogP contribution in [0, 0.1) is 5.41 Å². The molecule has 1 unspecified atom stereocenters. The van der Waals surface area contributed by atoms with Gasteiger partial charge in [-0.1, -0.05) is 19.1 Å². The molecule has 2 aromatic rings. The molecular formula is C17H24Cl2N4O. The van der Waals surface area contributed by atoms with Gasteiger partial charge in [0.1, 0.15) is 0 Å². The molecule has 1 aliphatic heterocycles. The van der Waals surface area contributed by atoms with Gasteiger partial charge in [0.2, 0.25) is 0 Å². The maximum Gasteiger partial charge on any atom is 0.253 e. The smallest absolute Gasteiger partial charge is 0.253 e. The van der Waals surface area contributed by atoms with Gasteiger partial charge in [0, 0.05) is 31.0 Å². The fourth-order valence-corrected chi connectivity index (χ4v) is 2.88. The number of amides is 1. The van der Waals surface area contributed by atoms with Crippen molar-refractivity contribution in [3.8, 4) is 0 Å². The molecule has 0 spiro atoms. The molecule has 2 heterocycles. The van der Waals surface area contributed by atoms with Crippen LogP contribution in [0.25, 0.3) is 0 Å². The Bertz CT molecular complexity index is 645. The van der Waals surface area contributed by atoms with Gasteiger partial charge in [-0.25, -0.2) is 0 Å². The third-order valence-electron chi connectivity index (χ3n) is 4.44. The summed E-state index contributed by atoms with van der Waals surface area (Å²) in [5.74, 6) is 0.0998. The van der Waals surface area contributed by atoms with Gasteiger partial charge in [-0.2, -0.15) is 5.10 Å². The number of nitrogens with two attached hydrogens (primary N) is 1. The second-order valence-electron chi connectivity index (χ2n) is 6.39. The van der Waals surface area contributed by atoms with E-state index in [4.69, 9.17) is 5.73 Å². The van der Waals surface area contributed by atoms with Crippen molar-refractivity contribution in [2.45, 2.75) is 19.9 Å². The topological polar surface area (TPSA) is 64.2 Å². The molecule has 1 atom stereocenters. The summed E-state index contributed by atoms with van der Waals surface area (Å²) < 4.78 is 1.87. The van der Waals surface area contributed by atoms with Gasteiger partial charge < -0.3 is 10.6 Å². The van der Waals surface area contributed by atoms with E-state index in [-0.39, 0.29) is 36.1 Å². The molecule has 3 rings (SSSR count). The molecule has 1 aromatic carbocycles. The lowest BCUT2D eigenvalue weighted by molar-refractivity contribution is 0.0777. The summed E-state index contributed by atoms with van der Waals surface area (Å²) in [5.41, 5.74) is 7.75. The summed E-state index contributed by atoms with van der Waals surface area (Å²) in [6, 6.07) is 9.69. The van der Waals surface area contributed by atoms with Crippen molar-refractivity contribution < 1.29 is 4.79 Å². The van der Waals surface area contributed by atoms with Crippen LogP contribution in [-0.2, 0) is 6.54 Å². The number of carbonyl (C=O) groups is 1. The van der Waals surface area contributed by atoms with E-state index in [0.29, 0.717) is 6.54 Å². The highest BCUT2D eigenvalue weighted by atomic mass is 35.5. The van der Waals surface area contributed by atoms with Crippen molar-refractivity contribution in [2.24, 2.45) is 11.1 Å². The average molecular weight is 371 g/mol. The zero-order valence-electron chi connectivity index (χ0n) is 13.7. The van der Waals surface area contributed by atoms with Crippen molar-refractivity contribution in [1.82, 2.24) is 14.7 Å². The molecule has 0 saturated carbocycles. The zero-order valence-corrected chi connectivity index (χ0v) is 15.4. The van der Waals surface area contributed by atoms with Crippen LogP contribution in [-0.4, -0.2) is 40.2 Å². The number of nitrogens with zero attached hydrogens (tertiary/aromatic N) is 3. The minimum absolute atomic E-state index is 0. The highest BCUT2D eigenvalue weighted by Crippen LogP contribution is 2.29. The molecule has 1 aliphatic rings. The first-order chi connectivity index (χ1) is 10.6.